The Bertz CT molecular complexity index is 429. The molecule has 0 aromatic carbocycles. The van der Waals surface area contributed by atoms with Crippen molar-refractivity contribution in [1.29, 1.82) is 0 Å². The van der Waals surface area contributed by atoms with Crippen molar-refractivity contribution in [3.63, 3.8) is 0 Å². The van der Waals surface area contributed by atoms with E-state index in [1.165, 1.54) is 37.9 Å². The minimum absolute atomic E-state index is 0.0288. The van der Waals surface area contributed by atoms with E-state index in [2.05, 4.69) is 17.2 Å². The van der Waals surface area contributed by atoms with E-state index in [-0.39, 0.29) is 11.6 Å². The van der Waals surface area contributed by atoms with Crippen molar-refractivity contribution >= 4 is 17.6 Å². The lowest BCUT2D eigenvalue weighted by molar-refractivity contribution is -0.116. The molecule has 0 spiro atoms. The number of amides is 1. The fourth-order valence-electron chi connectivity index (χ4n) is 1.88. The maximum Gasteiger partial charge on any atom is 0.354 e. The summed E-state index contributed by atoms with van der Waals surface area (Å²) in [6, 6.07) is 2.93. The molecule has 5 nitrogen and oxygen atoms in total. The number of carboxylic acids is 1. The van der Waals surface area contributed by atoms with E-state index in [1.54, 1.807) is 6.07 Å². The number of carbonyl (C=O) groups excluding carboxylic acids is 1. The number of carboxylic acid groups (broad SMARTS) is 1. The minimum atomic E-state index is -1.07. The van der Waals surface area contributed by atoms with Crippen LogP contribution in [-0.4, -0.2) is 22.0 Å². The van der Waals surface area contributed by atoms with Crippen molar-refractivity contribution < 1.29 is 14.7 Å². The smallest absolute Gasteiger partial charge is 0.354 e. The molecule has 1 aromatic rings. The first kappa shape index (κ1) is 16.1. The van der Waals surface area contributed by atoms with Crippen molar-refractivity contribution in [2.24, 2.45) is 0 Å². The number of hydrogen-bond acceptors (Lipinski definition) is 3. The maximum atomic E-state index is 11.7. The number of pyridine rings is 1. The van der Waals surface area contributed by atoms with Gasteiger partial charge in [0, 0.05) is 6.42 Å². The average Bonchev–Trinajstić information content (AvgIpc) is 2.43. The molecule has 110 valence electrons. The van der Waals surface area contributed by atoms with Gasteiger partial charge in [0.2, 0.25) is 5.91 Å². The SMILES string of the molecule is CCCCCCCCC(=O)Nc1ccc(C(=O)O)nc1. The van der Waals surface area contributed by atoms with Crippen LogP contribution in [0.2, 0.25) is 0 Å². The van der Waals surface area contributed by atoms with E-state index in [0.717, 1.165) is 12.8 Å². The van der Waals surface area contributed by atoms with Gasteiger partial charge in [-0.3, -0.25) is 4.79 Å². The van der Waals surface area contributed by atoms with E-state index >= 15 is 0 Å². The number of anilines is 1. The zero-order chi connectivity index (χ0) is 14.8. The second-order valence-electron chi connectivity index (χ2n) is 4.80. The lowest BCUT2D eigenvalue weighted by atomic mass is 10.1. The number of hydrogen-bond donors (Lipinski definition) is 2. The normalized spacial score (nSPS) is 10.2. The third-order valence-electron chi connectivity index (χ3n) is 3.02. The largest absolute Gasteiger partial charge is 0.477 e. The fraction of sp³-hybridized carbons (Fsp3) is 0.533. The Balaban J connectivity index is 2.23. The van der Waals surface area contributed by atoms with Crippen LogP contribution in [0, 0.1) is 0 Å². The van der Waals surface area contributed by atoms with Gasteiger partial charge >= 0.3 is 5.97 Å². The summed E-state index contributed by atoms with van der Waals surface area (Å²) in [5.74, 6) is -1.12. The van der Waals surface area contributed by atoms with Crippen LogP contribution in [0.15, 0.2) is 18.3 Å². The Morgan fingerprint density at radius 2 is 1.85 bits per heavy atom. The van der Waals surface area contributed by atoms with Crippen LogP contribution < -0.4 is 5.32 Å². The maximum absolute atomic E-state index is 11.7. The summed E-state index contributed by atoms with van der Waals surface area (Å²) < 4.78 is 0. The van der Waals surface area contributed by atoms with Gasteiger partial charge in [0.15, 0.2) is 0 Å². The second kappa shape index (κ2) is 9.07. The number of aromatic nitrogens is 1. The Kier molecular flexibility index (Phi) is 7.32. The summed E-state index contributed by atoms with van der Waals surface area (Å²) in [7, 11) is 0. The van der Waals surface area contributed by atoms with Crippen molar-refractivity contribution in [3.8, 4) is 0 Å². The second-order valence-corrected chi connectivity index (χ2v) is 4.80. The first-order valence-electron chi connectivity index (χ1n) is 7.12. The zero-order valence-corrected chi connectivity index (χ0v) is 11.9. The number of nitrogens with zero attached hydrogens (tertiary/aromatic N) is 1. The molecule has 0 radical (unpaired) electrons. The van der Waals surface area contributed by atoms with E-state index in [0.29, 0.717) is 12.1 Å². The molecule has 0 saturated carbocycles. The molecule has 0 fully saturated rings. The summed E-state index contributed by atoms with van der Waals surface area (Å²) in [6.07, 6.45) is 8.71. The summed E-state index contributed by atoms with van der Waals surface area (Å²) in [4.78, 5) is 26.0. The molecular weight excluding hydrogens is 256 g/mol. The van der Waals surface area contributed by atoms with Crippen LogP contribution in [0.5, 0.6) is 0 Å². The fourth-order valence-corrected chi connectivity index (χ4v) is 1.88. The lowest BCUT2D eigenvalue weighted by Crippen LogP contribution is -2.11. The monoisotopic (exact) mass is 278 g/mol. The molecule has 1 heterocycles. The summed E-state index contributed by atoms with van der Waals surface area (Å²) in [5, 5.41) is 11.4. The van der Waals surface area contributed by atoms with Gasteiger partial charge in [0.1, 0.15) is 5.69 Å². The highest BCUT2D eigenvalue weighted by atomic mass is 16.4. The predicted octanol–water partition coefficient (Wildman–Crippen LogP) is 3.47. The Morgan fingerprint density at radius 3 is 2.45 bits per heavy atom. The van der Waals surface area contributed by atoms with Crippen LogP contribution in [0.4, 0.5) is 5.69 Å². The molecule has 5 heteroatoms. The molecule has 0 saturated heterocycles. The Labute approximate surface area is 119 Å². The minimum Gasteiger partial charge on any atom is -0.477 e. The highest BCUT2D eigenvalue weighted by Crippen LogP contribution is 2.10. The third-order valence-corrected chi connectivity index (χ3v) is 3.02. The summed E-state index contributed by atoms with van der Waals surface area (Å²) >= 11 is 0. The van der Waals surface area contributed by atoms with Crippen molar-refractivity contribution in [1.82, 2.24) is 4.98 Å². The van der Waals surface area contributed by atoms with Crippen LogP contribution >= 0.6 is 0 Å². The van der Waals surface area contributed by atoms with E-state index in [4.69, 9.17) is 5.11 Å². The highest BCUT2D eigenvalue weighted by molar-refractivity contribution is 5.91. The third kappa shape index (κ3) is 6.31. The van der Waals surface area contributed by atoms with Gasteiger partial charge in [-0.1, -0.05) is 39.0 Å². The molecule has 20 heavy (non-hydrogen) atoms. The Morgan fingerprint density at radius 1 is 1.15 bits per heavy atom. The predicted molar refractivity (Wildman–Crippen MR) is 77.8 cm³/mol. The molecule has 2 N–H and O–H groups in total. The molecule has 0 bridgehead atoms. The zero-order valence-electron chi connectivity index (χ0n) is 11.9. The first-order chi connectivity index (χ1) is 9.63. The van der Waals surface area contributed by atoms with Gasteiger partial charge < -0.3 is 10.4 Å². The van der Waals surface area contributed by atoms with E-state index < -0.39 is 5.97 Å². The molecule has 0 aliphatic rings. The molecule has 1 rings (SSSR count). The summed E-state index contributed by atoms with van der Waals surface area (Å²) in [6.45, 7) is 2.18. The molecule has 1 amide bonds. The molecule has 0 atom stereocenters. The summed E-state index contributed by atoms with van der Waals surface area (Å²) in [5.41, 5.74) is 0.505. The van der Waals surface area contributed by atoms with Gasteiger partial charge in [-0.15, -0.1) is 0 Å². The number of rotatable bonds is 9. The van der Waals surface area contributed by atoms with Crippen LogP contribution in [0.25, 0.3) is 0 Å². The van der Waals surface area contributed by atoms with Gasteiger partial charge in [-0.2, -0.15) is 0 Å². The quantitative estimate of drug-likeness (QED) is 0.678. The van der Waals surface area contributed by atoms with E-state index in [9.17, 15) is 9.59 Å². The topological polar surface area (TPSA) is 79.3 Å². The first-order valence-corrected chi connectivity index (χ1v) is 7.12. The van der Waals surface area contributed by atoms with E-state index in [1.807, 2.05) is 0 Å². The number of carbonyl (C=O) groups is 2. The number of unbranched alkanes of at least 4 members (excludes halogenated alkanes) is 5. The van der Waals surface area contributed by atoms with Crippen molar-refractivity contribution in [2.75, 3.05) is 5.32 Å². The number of aromatic carboxylic acids is 1. The standard InChI is InChI=1S/C15H22N2O3/c1-2-3-4-5-6-7-8-14(18)17-12-9-10-13(15(19)20)16-11-12/h9-11H,2-8H2,1H3,(H,17,18)(H,19,20). The average molecular weight is 278 g/mol. The molecular formula is C15H22N2O3. The van der Waals surface area contributed by atoms with Crippen LogP contribution in [0.1, 0.15) is 62.4 Å². The van der Waals surface area contributed by atoms with Gasteiger partial charge in [-0.05, 0) is 18.6 Å². The van der Waals surface area contributed by atoms with Gasteiger partial charge in [0.25, 0.3) is 0 Å². The van der Waals surface area contributed by atoms with Crippen molar-refractivity contribution in [3.05, 3.63) is 24.0 Å². The van der Waals surface area contributed by atoms with Gasteiger partial charge in [-0.25, -0.2) is 9.78 Å². The molecule has 0 unspecified atom stereocenters. The molecule has 0 aliphatic heterocycles. The molecule has 1 aromatic heterocycles. The van der Waals surface area contributed by atoms with Crippen molar-refractivity contribution in [2.45, 2.75) is 51.9 Å². The highest BCUT2D eigenvalue weighted by Gasteiger charge is 2.06. The molecule has 0 aliphatic carbocycles. The van der Waals surface area contributed by atoms with Gasteiger partial charge in [0.05, 0.1) is 11.9 Å². The number of nitrogens with one attached hydrogen (secondary N) is 1. The van der Waals surface area contributed by atoms with Crippen LogP contribution in [-0.2, 0) is 4.79 Å². The lowest BCUT2D eigenvalue weighted by Gasteiger charge is -2.05. The Hall–Kier alpha value is -1.91. The van der Waals surface area contributed by atoms with Crippen LogP contribution in [0.3, 0.4) is 0 Å².